The van der Waals surface area contributed by atoms with E-state index >= 15 is 0 Å². The van der Waals surface area contributed by atoms with Crippen LogP contribution in [0.1, 0.15) is 41.7 Å². The summed E-state index contributed by atoms with van der Waals surface area (Å²) in [6, 6.07) is 16.2. The number of hydrogen-bond acceptors (Lipinski definition) is 3. The molecule has 3 heterocycles. The van der Waals surface area contributed by atoms with Crippen molar-refractivity contribution < 1.29 is 14.0 Å². The van der Waals surface area contributed by atoms with Crippen LogP contribution in [0.3, 0.4) is 0 Å². The first-order valence-corrected chi connectivity index (χ1v) is 11.6. The van der Waals surface area contributed by atoms with Crippen molar-refractivity contribution in [1.82, 2.24) is 20.5 Å². The molecule has 0 bridgehead atoms. The number of amides is 2. The van der Waals surface area contributed by atoms with Crippen LogP contribution in [0.15, 0.2) is 54.6 Å². The normalized spacial score (nSPS) is 21.3. The smallest absolute Gasteiger partial charge is 0.267 e. The number of carbonyl (C=O) groups excluding carboxylic acids is 2. The van der Waals surface area contributed by atoms with E-state index in [1.54, 1.807) is 12.1 Å². The zero-order valence-corrected chi connectivity index (χ0v) is 18.7. The Hall–Kier alpha value is -3.19. The van der Waals surface area contributed by atoms with Gasteiger partial charge >= 0.3 is 0 Å². The second-order valence-corrected chi connectivity index (χ2v) is 9.42. The highest BCUT2D eigenvalue weighted by molar-refractivity contribution is 5.98. The maximum Gasteiger partial charge on any atom is 0.267 e. The molecule has 172 valence electrons. The summed E-state index contributed by atoms with van der Waals surface area (Å²) < 4.78 is 13.4. The summed E-state index contributed by atoms with van der Waals surface area (Å²) in [4.78, 5) is 31.0. The van der Waals surface area contributed by atoms with Crippen molar-refractivity contribution in [1.29, 1.82) is 0 Å². The Morgan fingerprint density at radius 2 is 1.91 bits per heavy atom. The fourth-order valence-electron chi connectivity index (χ4n) is 5.50. The monoisotopic (exact) mass is 448 g/mol. The third kappa shape index (κ3) is 4.13. The summed E-state index contributed by atoms with van der Waals surface area (Å²) in [7, 11) is 0. The number of rotatable bonds is 5. The number of halogens is 1. The number of hydrogen-bond donors (Lipinski definition) is 3. The molecule has 2 aliphatic rings. The van der Waals surface area contributed by atoms with E-state index in [1.165, 1.54) is 12.1 Å². The molecular formula is C26H29FN4O2. The number of carbonyl (C=O) groups is 2. The van der Waals surface area contributed by atoms with Gasteiger partial charge in [0, 0.05) is 36.0 Å². The average molecular weight is 449 g/mol. The molecule has 33 heavy (non-hydrogen) atoms. The van der Waals surface area contributed by atoms with Crippen molar-refractivity contribution in [3.8, 4) is 0 Å². The van der Waals surface area contributed by atoms with Gasteiger partial charge in [-0.15, -0.1) is 0 Å². The van der Waals surface area contributed by atoms with Gasteiger partial charge in [0.25, 0.3) is 5.91 Å². The molecule has 2 fully saturated rings. The Morgan fingerprint density at radius 3 is 2.64 bits per heavy atom. The number of aromatic amines is 1. The lowest BCUT2D eigenvalue weighted by Crippen LogP contribution is -2.49. The van der Waals surface area contributed by atoms with Crippen LogP contribution in [0.25, 0.3) is 10.9 Å². The van der Waals surface area contributed by atoms with Crippen molar-refractivity contribution in [3.63, 3.8) is 0 Å². The van der Waals surface area contributed by atoms with Crippen LogP contribution in [0, 0.1) is 11.2 Å². The van der Waals surface area contributed by atoms with Crippen LogP contribution in [0.2, 0.25) is 0 Å². The quantitative estimate of drug-likeness (QED) is 0.560. The van der Waals surface area contributed by atoms with Crippen LogP contribution in [0.4, 0.5) is 4.39 Å². The van der Waals surface area contributed by atoms with Crippen LogP contribution in [-0.4, -0.2) is 53.9 Å². The number of fused-ring (bicyclic) bond motifs is 1. The van der Waals surface area contributed by atoms with Gasteiger partial charge in [0.2, 0.25) is 5.91 Å². The van der Waals surface area contributed by atoms with Gasteiger partial charge in [-0.2, -0.15) is 0 Å². The van der Waals surface area contributed by atoms with E-state index in [9.17, 15) is 14.0 Å². The third-order valence-electron chi connectivity index (χ3n) is 7.29. The first-order valence-electron chi connectivity index (χ1n) is 11.6. The van der Waals surface area contributed by atoms with Gasteiger partial charge in [0.1, 0.15) is 11.5 Å². The molecule has 0 aliphatic carbocycles. The van der Waals surface area contributed by atoms with Gasteiger partial charge in [-0.1, -0.05) is 30.3 Å². The fourth-order valence-corrected chi connectivity index (χ4v) is 5.50. The number of piperidine rings is 1. The van der Waals surface area contributed by atoms with Gasteiger partial charge in [-0.3, -0.25) is 9.59 Å². The molecule has 6 nitrogen and oxygen atoms in total. The Balaban J connectivity index is 1.19. The Labute approximate surface area is 192 Å². The summed E-state index contributed by atoms with van der Waals surface area (Å²) in [5.74, 6) is -0.203. The predicted octanol–water partition coefficient (Wildman–Crippen LogP) is 3.42. The molecule has 2 amide bonds. The van der Waals surface area contributed by atoms with Crippen LogP contribution >= 0.6 is 0 Å². The second kappa shape index (κ2) is 8.63. The molecule has 2 atom stereocenters. The molecule has 2 aliphatic heterocycles. The van der Waals surface area contributed by atoms with E-state index in [1.807, 2.05) is 37.3 Å². The lowest BCUT2D eigenvalue weighted by molar-refractivity contribution is -0.130. The van der Waals surface area contributed by atoms with E-state index in [2.05, 4.69) is 20.5 Å². The van der Waals surface area contributed by atoms with E-state index < -0.39 is 5.41 Å². The summed E-state index contributed by atoms with van der Waals surface area (Å²) >= 11 is 0. The van der Waals surface area contributed by atoms with E-state index in [0.717, 1.165) is 48.9 Å². The first-order chi connectivity index (χ1) is 15.9. The maximum absolute atomic E-state index is 13.4. The SMILES string of the molecule is C[C@@H](CN1CCC2(CC1)C(=O)NCC2c1ccc(F)cc1)NC(=O)c1cc2ccccc2[nH]1. The Kier molecular flexibility index (Phi) is 5.66. The number of para-hydroxylation sites is 1. The van der Waals surface area contributed by atoms with E-state index in [-0.39, 0.29) is 29.6 Å². The highest BCUT2D eigenvalue weighted by Crippen LogP contribution is 2.47. The van der Waals surface area contributed by atoms with Gasteiger partial charge < -0.3 is 20.5 Å². The largest absolute Gasteiger partial charge is 0.355 e. The maximum atomic E-state index is 13.4. The predicted molar refractivity (Wildman–Crippen MR) is 125 cm³/mol. The lowest BCUT2D eigenvalue weighted by atomic mass is 9.68. The molecular weight excluding hydrogens is 419 g/mol. The van der Waals surface area contributed by atoms with Gasteiger partial charge in [-0.25, -0.2) is 4.39 Å². The number of nitrogens with one attached hydrogen (secondary N) is 3. The summed E-state index contributed by atoms with van der Waals surface area (Å²) in [5.41, 5.74) is 2.08. The summed E-state index contributed by atoms with van der Waals surface area (Å²) in [5, 5.41) is 7.15. The number of likely N-dealkylation sites (tertiary alicyclic amines) is 1. The van der Waals surface area contributed by atoms with Crippen molar-refractivity contribution in [3.05, 3.63) is 71.7 Å². The molecule has 0 saturated carbocycles. The topological polar surface area (TPSA) is 77.2 Å². The van der Waals surface area contributed by atoms with Crippen LogP contribution in [-0.2, 0) is 4.79 Å². The number of H-pyrrole nitrogens is 1. The Bertz CT molecular complexity index is 1130. The molecule has 1 aromatic heterocycles. The number of nitrogens with zero attached hydrogens (tertiary/aromatic N) is 1. The van der Waals surface area contributed by atoms with Gasteiger partial charge in [0.05, 0.1) is 5.41 Å². The molecule has 3 N–H and O–H groups in total. The summed E-state index contributed by atoms with van der Waals surface area (Å²) in [6.45, 7) is 4.91. The van der Waals surface area contributed by atoms with Gasteiger partial charge in [-0.05, 0) is 62.7 Å². The molecule has 2 aromatic carbocycles. The van der Waals surface area contributed by atoms with Crippen molar-refractivity contribution in [2.45, 2.75) is 31.7 Å². The lowest BCUT2D eigenvalue weighted by Gasteiger charge is -2.41. The van der Waals surface area contributed by atoms with E-state index in [0.29, 0.717) is 12.2 Å². The zero-order chi connectivity index (χ0) is 23.0. The standard InChI is InChI=1S/C26H29FN4O2/c1-17(29-24(32)23-14-19-4-2-3-5-22(19)30-23)16-31-12-10-26(11-13-31)21(15-28-25(26)33)18-6-8-20(27)9-7-18/h2-9,14,17,21,30H,10-13,15-16H2,1H3,(H,28,33)(H,29,32)/t17-,21?/m0/s1. The van der Waals surface area contributed by atoms with E-state index in [4.69, 9.17) is 0 Å². The minimum atomic E-state index is -0.439. The fraction of sp³-hybridized carbons (Fsp3) is 0.385. The number of aromatic nitrogens is 1. The van der Waals surface area contributed by atoms with Gasteiger partial charge in [0.15, 0.2) is 0 Å². The minimum absolute atomic E-state index is 0.0248. The molecule has 3 aromatic rings. The zero-order valence-electron chi connectivity index (χ0n) is 18.7. The van der Waals surface area contributed by atoms with Crippen LogP contribution < -0.4 is 10.6 Å². The average Bonchev–Trinajstić information content (AvgIpc) is 3.38. The molecule has 1 unspecified atom stereocenters. The molecule has 7 heteroatoms. The molecule has 1 spiro atoms. The molecule has 2 saturated heterocycles. The minimum Gasteiger partial charge on any atom is -0.355 e. The molecule has 5 rings (SSSR count). The third-order valence-corrected chi connectivity index (χ3v) is 7.29. The Morgan fingerprint density at radius 1 is 1.18 bits per heavy atom. The van der Waals surface area contributed by atoms with Crippen molar-refractivity contribution in [2.75, 3.05) is 26.2 Å². The van der Waals surface area contributed by atoms with Crippen LogP contribution in [0.5, 0.6) is 0 Å². The molecule has 0 radical (unpaired) electrons. The van der Waals surface area contributed by atoms with Crippen molar-refractivity contribution in [2.24, 2.45) is 5.41 Å². The first kappa shape index (κ1) is 21.6. The second-order valence-electron chi connectivity index (χ2n) is 9.42. The summed E-state index contributed by atoms with van der Waals surface area (Å²) in [6.07, 6.45) is 1.51. The highest BCUT2D eigenvalue weighted by Gasteiger charge is 2.51. The highest BCUT2D eigenvalue weighted by atomic mass is 19.1. The number of benzene rings is 2. The van der Waals surface area contributed by atoms with Crippen molar-refractivity contribution >= 4 is 22.7 Å².